The molecule has 0 spiro atoms. The molecule has 0 aliphatic rings. The molecule has 1 aromatic heterocycles. The maximum absolute atomic E-state index is 10.5. The lowest BCUT2D eigenvalue weighted by atomic mass is 10.3. The highest BCUT2D eigenvalue weighted by Crippen LogP contribution is 2.21. The van der Waals surface area contributed by atoms with Gasteiger partial charge in [-0.25, -0.2) is 0 Å². The smallest absolute Gasteiger partial charge is 0.313 e. The summed E-state index contributed by atoms with van der Waals surface area (Å²) >= 11 is 3.27. The van der Waals surface area contributed by atoms with Crippen LogP contribution in [0.15, 0.2) is 29.4 Å². The lowest BCUT2D eigenvalue weighted by molar-refractivity contribution is -0.133. The Morgan fingerprint density at radius 2 is 2.24 bits per heavy atom. The number of carboxylic acid groups (broad SMARTS) is 1. The second-order valence-electron chi connectivity index (χ2n) is 3.01. The Morgan fingerprint density at radius 3 is 2.94 bits per heavy atom. The number of aromatic nitrogens is 4. The first-order chi connectivity index (χ1) is 8.18. The van der Waals surface area contributed by atoms with Crippen molar-refractivity contribution in [3.05, 3.63) is 27.8 Å². The van der Waals surface area contributed by atoms with Gasteiger partial charge in [0.2, 0.25) is 5.16 Å². The fraction of sp³-hybridized carbons (Fsp3) is 0.111. The van der Waals surface area contributed by atoms with Crippen molar-refractivity contribution in [2.45, 2.75) is 5.16 Å². The molecule has 0 fully saturated rings. The Kier molecular flexibility index (Phi) is 3.94. The van der Waals surface area contributed by atoms with Crippen molar-refractivity contribution in [1.29, 1.82) is 0 Å². The zero-order valence-electron chi connectivity index (χ0n) is 8.45. The van der Waals surface area contributed by atoms with Crippen molar-refractivity contribution in [2.75, 3.05) is 5.75 Å². The highest BCUT2D eigenvalue weighted by atomic mass is 127. The van der Waals surface area contributed by atoms with E-state index in [0.29, 0.717) is 5.16 Å². The summed E-state index contributed by atoms with van der Waals surface area (Å²) in [6, 6.07) is 7.61. The molecule has 88 valence electrons. The maximum atomic E-state index is 10.5. The van der Waals surface area contributed by atoms with Gasteiger partial charge in [0.1, 0.15) is 0 Å². The first-order valence-electron chi connectivity index (χ1n) is 4.56. The van der Waals surface area contributed by atoms with Crippen molar-refractivity contribution in [3.8, 4) is 5.69 Å². The minimum atomic E-state index is -0.896. The Balaban J connectivity index is 2.31. The average molecular weight is 362 g/mol. The van der Waals surface area contributed by atoms with Gasteiger partial charge in [0.25, 0.3) is 0 Å². The summed E-state index contributed by atoms with van der Waals surface area (Å²) in [5.74, 6) is -0.962. The number of hydrogen-bond acceptors (Lipinski definition) is 5. The quantitative estimate of drug-likeness (QED) is 0.655. The summed E-state index contributed by atoms with van der Waals surface area (Å²) in [6.45, 7) is 0. The molecule has 0 aliphatic heterocycles. The fourth-order valence-corrected chi connectivity index (χ4v) is 2.39. The molecule has 0 saturated carbocycles. The SMILES string of the molecule is O=C(O)CSc1nnnn1-c1ccccc1I. The van der Waals surface area contributed by atoms with E-state index in [1.807, 2.05) is 24.3 Å². The number of carbonyl (C=O) groups is 1. The molecule has 8 heteroatoms. The lowest BCUT2D eigenvalue weighted by Gasteiger charge is -2.04. The summed E-state index contributed by atoms with van der Waals surface area (Å²) < 4.78 is 2.53. The molecule has 0 aliphatic carbocycles. The Hall–Kier alpha value is -1.16. The molecule has 2 aromatic rings. The molecule has 0 atom stereocenters. The van der Waals surface area contributed by atoms with Gasteiger partial charge in [-0.2, -0.15) is 4.68 Å². The van der Waals surface area contributed by atoms with Crippen LogP contribution < -0.4 is 0 Å². The standard InChI is InChI=1S/C9H7IN4O2S/c10-6-3-1-2-4-7(6)14-9(11-12-13-14)17-5-8(15)16/h1-4H,5H2,(H,15,16). The van der Waals surface area contributed by atoms with Gasteiger partial charge in [-0.05, 0) is 45.2 Å². The van der Waals surface area contributed by atoms with Crippen LogP contribution in [0.5, 0.6) is 0 Å². The number of nitrogens with zero attached hydrogens (tertiary/aromatic N) is 4. The van der Waals surface area contributed by atoms with Crippen molar-refractivity contribution < 1.29 is 9.90 Å². The molecule has 1 N–H and O–H groups in total. The van der Waals surface area contributed by atoms with Gasteiger partial charge in [0, 0.05) is 3.57 Å². The minimum Gasteiger partial charge on any atom is -0.481 e. The molecule has 0 amide bonds. The number of benzene rings is 1. The average Bonchev–Trinajstić information content (AvgIpc) is 2.75. The summed E-state index contributed by atoms with van der Waals surface area (Å²) in [7, 11) is 0. The molecular formula is C9H7IN4O2S. The van der Waals surface area contributed by atoms with E-state index in [1.54, 1.807) is 0 Å². The van der Waals surface area contributed by atoms with Gasteiger partial charge in [0.05, 0.1) is 11.4 Å². The van der Waals surface area contributed by atoms with E-state index in [0.717, 1.165) is 21.0 Å². The van der Waals surface area contributed by atoms with Gasteiger partial charge in [-0.1, -0.05) is 23.9 Å². The van der Waals surface area contributed by atoms with E-state index in [-0.39, 0.29) is 5.75 Å². The number of halogens is 1. The summed E-state index contributed by atoms with van der Waals surface area (Å²) in [5.41, 5.74) is 0.839. The van der Waals surface area contributed by atoms with Crippen LogP contribution in [-0.2, 0) is 4.79 Å². The third-order valence-electron chi connectivity index (χ3n) is 1.85. The highest BCUT2D eigenvalue weighted by Gasteiger charge is 2.12. The van der Waals surface area contributed by atoms with Crippen LogP contribution in [0.2, 0.25) is 0 Å². The summed E-state index contributed by atoms with van der Waals surface area (Å²) in [4.78, 5) is 10.5. The molecule has 1 heterocycles. The van der Waals surface area contributed by atoms with Crippen LogP contribution in [0, 0.1) is 3.57 Å². The van der Waals surface area contributed by atoms with E-state index >= 15 is 0 Å². The fourth-order valence-electron chi connectivity index (χ4n) is 1.17. The van der Waals surface area contributed by atoms with E-state index < -0.39 is 5.97 Å². The van der Waals surface area contributed by atoms with Crippen molar-refractivity contribution >= 4 is 40.3 Å². The molecule has 0 radical (unpaired) electrons. The number of tetrazole rings is 1. The molecule has 6 nitrogen and oxygen atoms in total. The molecular weight excluding hydrogens is 355 g/mol. The maximum Gasteiger partial charge on any atom is 0.313 e. The van der Waals surface area contributed by atoms with Crippen molar-refractivity contribution in [2.24, 2.45) is 0 Å². The zero-order chi connectivity index (χ0) is 12.3. The van der Waals surface area contributed by atoms with Crippen LogP contribution in [0.1, 0.15) is 0 Å². The van der Waals surface area contributed by atoms with Gasteiger partial charge in [0.15, 0.2) is 0 Å². The minimum absolute atomic E-state index is 0.0657. The van der Waals surface area contributed by atoms with E-state index in [4.69, 9.17) is 5.11 Å². The van der Waals surface area contributed by atoms with Gasteiger partial charge in [-0.15, -0.1) is 5.10 Å². The number of thioether (sulfide) groups is 1. The van der Waals surface area contributed by atoms with E-state index in [2.05, 4.69) is 38.1 Å². The topological polar surface area (TPSA) is 80.9 Å². The number of para-hydroxylation sites is 1. The predicted molar refractivity (Wildman–Crippen MR) is 70.2 cm³/mol. The number of hydrogen-bond donors (Lipinski definition) is 1. The van der Waals surface area contributed by atoms with E-state index in [9.17, 15) is 4.79 Å². The van der Waals surface area contributed by atoms with Gasteiger partial charge >= 0.3 is 5.97 Å². The Labute approximate surface area is 115 Å². The third-order valence-corrected chi connectivity index (χ3v) is 3.66. The van der Waals surface area contributed by atoms with Crippen molar-refractivity contribution in [1.82, 2.24) is 20.2 Å². The molecule has 2 rings (SSSR count). The van der Waals surface area contributed by atoms with Crippen LogP contribution in [0.4, 0.5) is 0 Å². The van der Waals surface area contributed by atoms with Crippen LogP contribution >= 0.6 is 34.4 Å². The highest BCUT2D eigenvalue weighted by molar-refractivity contribution is 14.1. The van der Waals surface area contributed by atoms with Crippen molar-refractivity contribution in [3.63, 3.8) is 0 Å². The molecule has 0 saturated heterocycles. The Morgan fingerprint density at radius 1 is 1.47 bits per heavy atom. The molecule has 1 aromatic carbocycles. The van der Waals surface area contributed by atoms with Gasteiger partial charge in [-0.3, -0.25) is 4.79 Å². The zero-order valence-corrected chi connectivity index (χ0v) is 11.4. The number of aliphatic carboxylic acids is 1. The largest absolute Gasteiger partial charge is 0.481 e. The molecule has 0 bridgehead atoms. The molecule has 0 unspecified atom stereocenters. The number of carboxylic acids is 1. The summed E-state index contributed by atoms with van der Waals surface area (Å²) in [6.07, 6.45) is 0. The lowest BCUT2D eigenvalue weighted by Crippen LogP contribution is -2.04. The second kappa shape index (κ2) is 5.45. The normalized spacial score (nSPS) is 10.4. The summed E-state index contributed by atoms with van der Waals surface area (Å²) in [5, 5.41) is 20.3. The molecule has 17 heavy (non-hydrogen) atoms. The Bertz CT molecular complexity index is 545. The van der Waals surface area contributed by atoms with Crippen LogP contribution in [0.3, 0.4) is 0 Å². The van der Waals surface area contributed by atoms with Crippen LogP contribution in [0.25, 0.3) is 5.69 Å². The third kappa shape index (κ3) is 2.94. The predicted octanol–water partition coefficient (Wildman–Crippen LogP) is 1.44. The number of rotatable bonds is 4. The first kappa shape index (κ1) is 12.3. The monoisotopic (exact) mass is 362 g/mol. The second-order valence-corrected chi connectivity index (χ2v) is 5.11. The first-order valence-corrected chi connectivity index (χ1v) is 6.63. The van der Waals surface area contributed by atoms with E-state index in [1.165, 1.54) is 4.68 Å². The van der Waals surface area contributed by atoms with Gasteiger partial charge < -0.3 is 5.11 Å². The van der Waals surface area contributed by atoms with Crippen LogP contribution in [-0.4, -0.2) is 37.0 Å².